The van der Waals surface area contributed by atoms with Crippen LogP contribution >= 0.6 is 0 Å². The molecule has 0 unspecified atom stereocenters. The second-order valence-electron chi connectivity index (χ2n) is 18.1. The van der Waals surface area contributed by atoms with Gasteiger partial charge in [-0.3, -0.25) is 14.4 Å². The van der Waals surface area contributed by atoms with Crippen molar-refractivity contribution in [2.75, 3.05) is 45.8 Å². The van der Waals surface area contributed by atoms with E-state index in [4.69, 9.17) is 23.9 Å². The molecule has 16 nitrogen and oxygen atoms in total. The first-order chi connectivity index (χ1) is 31.8. The number of imidazole rings is 1. The Labute approximate surface area is 385 Å². The number of methoxy groups -OCH3 is 2. The van der Waals surface area contributed by atoms with Gasteiger partial charge in [-0.05, 0) is 83.2 Å². The molecule has 1 spiro atoms. The number of likely N-dealkylation sites (tertiary alicyclic amines) is 2. The number of anilines is 1. The predicted octanol–water partition coefficient (Wildman–Crippen LogP) is 7.37. The lowest BCUT2D eigenvalue weighted by Crippen LogP contribution is -2.51. The number of H-pyrrole nitrogens is 1. The first kappa shape index (κ1) is 46.3. The number of nitrogens with zero attached hydrogens (tertiary/aromatic N) is 3. The van der Waals surface area contributed by atoms with Crippen LogP contribution in [-0.4, -0.2) is 108 Å². The largest absolute Gasteiger partial charge is 0.453 e. The van der Waals surface area contributed by atoms with Crippen LogP contribution in [0.25, 0.3) is 22.4 Å². The third kappa shape index (κ3) is 8.75. The smallest absolute Gasteiger partial charge is 0.407 e. The van der Waals surface area contributed by atoms with Crippen molar-refractivity contribution >= 4 is 35.6 Å². The molecule has 5 amide bonds. The number of aromatic amines is 1. The van der Waals surface area contributed by atoms with Gasteiger partial charge in [0.2, 0.25) is 11.8 Å². The van der Waals surface area contributed by atoms with Gasteiger partial charge in [0, 0.05) is 24.1 Å². The van der Waals surface area contributed by atoms with Crippen LogP contribution in [0.1, 0.15) is 107 Å². The molecular formula is C50H61N7O9. The summed E-state index contributed by atoms with van der Waals surface area (Å²) in [6.07, 6.45) is 5.69. The summed E-state index contributed by atoms with van der Waals surface area (Å²) in [5.41, 5.74) is 7.18. The lowest BCUT2D eigenvalue weighted by Gasteiger charge is -2.32. The Morgan fingerprint density at radius 2 is 1.52 bits per heavy atom. The Hall–Kier alpha value is -6.26. The van der Waals surface area contributed by atoms with Crippen LogP contribution in [-0.2, 0) is 38.7 Å². The first-order valence-corrected chi connectivity index (χ1v) is 23.1. The van der Waals surface area contributed by atoms with Crippen molar-refractivity contribution in [1.82, 2.24) is 30.4 Å². The highest BCUT2D eigenvalue weighted by molar-refractivity contribution is 6.00. The predicted molar refractivity (Wildman–Crippen MR) is 246 cm³/mol. The van der Waals surface area contributed by atoms with Crippen molar-refractivity contribution in [2.24, 2.45) is 5.92 Å². The van der Waals surface area contributed by atoms with Gasteiger partial charge in [-0.2, -0.15) is 0 Å². The normalized spacial score (nSPS) is 19.9. The lowest BCUT2D eigenvalue weighted by atomic mass is 9.71. The molecule has 3 fully saturated rings. The van der Waals surface area contributed by atoms with E-state index in [9.17, 15) is 24.0 Å². The third-order valence-electron chi connectivity index (χ3n) is 13.6. The molecule has 0 radical (unpaired) electrons. The molecule has 4 heterocycles. The molecule has 4 atom stereocenters. The van der Waals surface area contributed by atoms with Gasteiger partial charge >= 0.3 is 12.2 Å². The summed E-state index contributed by atoms with van der Waals surface area (Å²) in [5, 5.41) is 8.55. The Bertz CT molecular complexity index is 2440. The number of hydrogen-bond acceptors (Lipinski definition) is 10. The number of fused-ring (bicyclic) bond motifs is 3. The second kappa shape index (κ2) is 19.3. The maximum Gasteiger partial charge on any atom is 0.407 e. The van der Waals surface area contributed by atoms with Gasteiger partial charge in [0.25, 0.3) is 5.91 Å². The number of benzene rings is 3. The number of carbonyl (C=O) groups is 5. The van der Waals surface area contributed by atoms with Crippen LogP contribution in [0.15, 0.2) is 72.9 Å². The van der Waals surface area contributed by atoms with Crippen molar-refractivity contribution < 1.29 is 42.9 Å². The quantitative estimate of drug-likeness (QED) is 0.0993. The number of hydrogen-bond donors (Lipinski definition) is 4. The molecule has 3 saturated heterocycles. The van der Waals surface area contributed by atoms with Gasteiger partial charge < -0.3 is 49.7 Å². The van der Waals surface area contributed by atoms with Crippen LogP contribution in [0, 0.1) is 5.92 Å². The van der Waals surface area contributed by atoms with E-state index in [0.29, 0.717) is 36.8 Å². The number of nitrogens with one attached hydrogen (secondary N) is 4. The second-order valence-corrected chi connectivity index (χ2v) is 18.1. The van der Waals surface area contributed by atoms with E-state index in [1.54, 1.807) is 24.3 Å². The molecule has 0 saturated carbocycles. The van der Waals surface area contributed by atoms with E-state index in [2.05, 4.69) is 65.1 Å². The van der Waals surface area contributed by atoms with Crippen molar-refractivity contribution in [3.05, 3.63) is 95.4 Å². The molecule has 1 aromatic heterocycles. The fourth-order valence-corrected chi connectivity index (χ4v) is 10.6. The SMILES string of the molecule is CCCC1(CCC)c2cc(NC(=O)[C@@H]3CC4(CN3C(=O)[C@H](NC(=O)OC)c3ccccc3)OCCO4)ccc2-c2ccc(-c3cnc([C@@H]4CCCN4C(=O)[C@@H](NC(=O)OC)C(C)C)[nH]3)cc21. The zero-order chi connectivity index (χ0) is 46.8. The van der Waals surface area contributed by atoms with Crippen LogP contribution in [0.4, 0.5) is 15.3 Å². The van der Waals surface area contributed by atoms with Gasteiger partial charge in [-0.15, -0.1) is 0 Å². The molecule has 4 aromatic rings. The Kier molecular flexibility index (Phi) is 13.5. The molecule has 1 aliphatic carbocycles. The summed E-state index contributed by atoms with van der Waals surface area (Å²) in [6.45, 7) is 9.42. The van der Waals surface area contributed by atoms with Crippen LogP contribution in [0.2, 0.25) is 0 Å². The zero-order valence-electron chi connectivity index (χ0n) is 38.6. The van der Waals surface area contributed by atoms with E-state index in [0.717, 1.165) is 66.5 Å². The molecule has 8 rings (SSSR count). The Morgan fingerprint density at radius 1 is 0.848 bits per heavy atom. The highest BCUT2D eigenvalue weighted by Crippen LogP contribution is 2.55. The molecule has 3 aromatic carbocycles. The number of amides is 5. The molecule has 0 bridgehead atoms. The van der Waals surface area contributed by atoms with E-state index in [1.807, 2.05) is 37.1 Å². The Morgan fingerprint density at radius 3 is 2.18 bits per heavy atom. The third-order valence-corrected chi connectivity index (χ3v) is 13.6. The highest BCUT2D eigenvalue weighted by Gasteiger charge is 2.54. The number of aromatic nitrogens is 2. The van der Waals surface area contributed by atoms with Gasteiger partial charge in [0.1, 0.15) is 23.9 Å². The van der Waals surface area contributed by atoms with Crippen molar-refractivity contribution in [1.29, 1.82) is 0 Å². The van der Waals surface area contributed by atoms with Gasteiger partial charge in [0.15, 0.2) is 5.79 Å². The van der Waals surface area contributed by atoms with Crippen molar-refractivity contribution in [3.63, 3.8) is 0 Å². The van der Waals surface area contributed by atoms with Gasteiger partial charge in [0.05, 0.1) is 51.9 Å². The first-order valence-electron chi connectivity index (χ1n) is 23.1. The molecule has 4 N–H and O–H groups in total. The van der Waals surface area contributed by atoms with E-state index in [-0.39, 0.29) is 36.2 Å². The molecule has 16 heteroatoms. The monoisotopic (exact) mass is 903 g/mol. The van der Waals surface area contributed by atoms with Gasteiger partial charge in [-0.25, -0.2) is 14.6 Å². The average Bonchev–Trinajstić information content (AvgIpc) is 4.19. The fraction of sp³-hybridized carbons (Fsp3) is 0.480. The minimum atomic E-state index is -1.15. The molecule has 66 heavy (non-hydrogen) atoms. The maximum absolute atomic E-state index is 14.5. The van der Waals surface area contributed by atoms with E-state index < -0.39 is 47.9 Å². The molecular weight excluding hydrogens is 843 g/mol. The topological polar surface area (TPSA) is 194 Å². The maximum atomic E-state index is 14.5. The lowest BCUT2D eigenvalue weighted by molar-refractivity contribution is -0.153. The van der Waals surface area contributed by atoms with Crippen molar-refractivity contribution in [2.45, 2.75) is 108 Å². The van der Waals surface area contributed by atoms with Crippen LogP contribution in [0.5, 0.6) is 0 Å². The summed E-state index contributed by atoms with van der Waals surface area (Å²) < 4.78 is 21.8. The van der Waals surface area contributed by atoms with E-state index >= 15 is 0 Å². The van der Waals surface area contributed by atoms with Gasteiger partial charge in [-0.1, -0.05) is 89.1 Å². The molecule has 3 aliphatic heterocycles. The molecule has 350 valence electrons. The fourth-order valence-electron chi connectivity index (χ4n) is 10.6. The number of ether oxygens (including phenoxy) is 4. The Balaban J connectivity index is 1.07. The number of carbonyl (C=O) groups excluding carboxylic acids is 5. The highest BCUT2D eigenvalue weighted by atomic mass is 16.7. The summed E-state index contributed by atoms with van der Waals surface area (Å²) in [4.78, 5) is 79.1. The summed E-state index contributed by atoms with van der Waals surface area (Å²) in [5.74, 6) is -1.63. The summed E-state index contributed by atoms with van der Waals surface area (Å²) >= 11 is 0. The van der Waals surface area contributed by atoms with Crippen LogP contribution < -0.4 is 16.0 Å². The van der Waals surface area contributed by atoms with E-state index in [1.165, 1.54) is 24.7 Å². The minimum Gasteiger partial charge on any atom is -0.453 e. The summed E-state index contributed by atoms with van der Waals surface area (Å²) in [7, 11) is 2.52. The standard InChI is InChI=1S/C50H61N7O9/c1-7-20-49(21-8-2)36-25-32(38-28-51-43(53-38)39-15-12-22-56(39)45(59)41(30(3)4)54-47(61)63-5)16-18-34(36)35-19-17-33(26-37(35)49)52-44(58)40-27-50(65-23-24-66-50)29-57(40)46(60)42(55-48(62)64-6)31-13-10-9-11-14-31/h9-11,13-14,16-19,25-26,28,30,39-42H,7-8,12,15,20-24,27,29H2,1-6H3,(H,51,53)(H,52,58)(H,54,61)(H,55,62)/t39-,40-,41-,42+/m0/s1. The average molecular weight is 904 g/mol. The minimum absolute atomic E-state index is 0.00996. The molecule has 4 aliphatic rings. The summed E-state index contributed by atoms with van der Waals surface area (Å²) in [6, 6.07) is 18.4. The zero-order valence-corrected chi connectivity index (χ0v) is 38.6. The number of rotatable bonds is 14. The number of alkyl carbamates (subject to hydrolysis) is 2. The van der Waals surface area contributed by atoms with Crippen molar-refractivity contribution in [3.8, 4) is 22.4 Å². The van der Waals surface area contributed by atoms with Crippen LogP contribution in [0.3, 0.4) is 0 Å².